The summed E-state index contributed by atoms with van der Waals surface area (Å²) in [6, 6.07) is 11.9. The molecule has 1 saturated heterocycles. The lowest BCUT2D eigenvalue weighted by atomic mass is 9.97. The summed E-state index contributed by atoms with van der Waals surface area (Å²) in [6.45, 7) is 3.91. The van der Waals surface area contributed by atoms with Crippen LogP contribution in [0.15, 0.2) is 36.4 Å². The van der Waals surface area contributed by atoms with Crippen molar-refractivity contribution in [2.45, 2.75) is 26.3 Å². The predicted octanol–water partition coefficient (Wildman–Crippen LogP) is 4.51. The van der Waals surface area contributed by atoms with E-state index in [4.69, 9.17) is 16.3 Å². The normalized spacial score (nSPS) is 14.6. The summed E-state index contributed by atoms with van der Waals surface area (Å²) >= 11 is 6.24. The molecule has 0 aliphatic carbocycles. The molecule has 2 heterocycles. The lowest BCUT2D eigenvalue weighted by Crippen LogP contribution is -2.37. The molecule has 1 fully saturated rings. The summed E-state index contributed by atoms with van der Waals surface area (Å²) in [5.74, 6) is 1.15. The van der Waals surface area contributed by atoms with E-state index in [0.29, 0.717) is 49.1 Å². The molecule has 0 bridgehead atoms. The second kappa shape index (κ2) is 8.98. The number of aliphatic carboxylic acids is 1. The molecule has 3 aromatic rings. The van der Waals surface area contributed by atoms with Crippen molar-refractivity contribution in [2.75, 3.05) is 30.4 Å². The molecule has 2 N–H and O–H groups in total. The first-order chi connectivity index (χ1) is 15.0. The molecule has 0 spiro atoms. The molecule has 2 aromatic carbocycles. The highest BCUT2D eigenvalue weighted by molar-refractivity contribution is 6.32. The molecule has 162 valence electrons. The van der Waals surface area contributed by atoms with Crippen LogP contribution >= 0.6 is 11.6 Å². The second-order valence-corrected chi connectivity index (χ2v) is 8.25. The van der Waals surface area contributed by atoms with Crippen LogP contribution in [0.25, 0.3) is 10.8 Å². The number of fused-ring (bicyclic) bond motifs is 1. The topological polar surface area (TPSA) is 87.6 Å². The van der Waals surface area contributed by atoms with Crippen molar-refractivity contribution in [3.05, 3.63) is 52.5 Å². The van der Waals surface area contributed by atoms with Gasteiger partial charge in [0.2, 0.25) is 0 Å². The number of nitrogens with one attached hydrogen (secondary N) is 1. The molecule has 8 heteroatoms. The minimum Gasteiger partial charge on any atom is -0.495 e. The summed E-state index contributed by atoms with van der Waals surface area (Å²) in [6.07, 6.45) is 1.23. The van der Waals surface area contributed by atoms with E-state index in [-0.39, 0.29) is 5.92 Å². The van der Waals surface area contributed by atoms with Crippen molar-refractivity contribution in [3.8, 4) is 5.75 Å². The van der Waals surface area contributed by atoms with Gasteiger partial charge in [-0.2, -0.15) is 0 Å². The van der Waals surface area contributed by atoms with Gasteiger partial charge in [-0.25, -0.2) is 0 Å². The average molecular weight is 441 g/mol. The third-order valence-corrected chi connectivity index (χ3v) is 6.03. The number of ether oxygens (including phenoxy) is 1. The number of anilines is 2. The zero-order valence-electron chi connectivity index (χ0n) is 17.6. The fourth-order valence-electron chi connectivity index (χ4n) is 3.96. The van der Waals surface area contributed by atoms with Crippen molar-refractivity contribution in [2.24, 2.45) is 5.92 Å². The number of hydrogen-bond donors (Lipinski definition) is 2. The molecule has 7 nitrogen and oxygen atoms in total. The van der Waals surface area contributed by atoms with Crippen LogP contribution in [0.1, 0.15) is 24.0 Å². The van der Waals surface area contributed by atoms with E-state index in [1.54, 1.807) is 7.11 Å². The van der Waals surface area contributed by atoms with Crippen molar-refractivity contribution in [3.63, 3.8) is 0 Å². The maximum Gasteiger partial charge on any atom is 0.306 e. The Morgan fingerprint density at radius 2 is 1.97 bits per heavy atom. The van der Waals surface area contributed by atoms with Gasteiger partial charge in [0.05, 0.1) is 18.1 Å². The van der Waals surface area contributed by atoms with Crippen molar-refractivity contribution in [1.29, 1.82) is 0 Å². The first-order valence-corrected chi connectivity index (χ1v) is 10.6. The highest BCUT2D eigenvalue weighted by atomic mass is 35.5. The number of methoxy groups -OCH3 is 1. The Morgan fingerprint density at radius 1 is 1.19 bits per heavy atom. The van der Waals surface area contributed by atoms with Gasteiger partial charge in [0, 0.05) is 30.4 Å². The molecule has 1 aliphatic heterocycles. The molecule has 0 atom stereocenters. The van der Waals surface area contributed by atoms with Gasteiger partial charge in [0.25, 0.3) is 0 Å². The van der Waals surface area contributed by atoms with Crippen LogP contribution in [0.2, 0.25) is 5.02 Å². The van der Waals surface area contributed by atoms with Gasteiger partial charge in [0.15, 0.2) is 11.6 Å². The van der Waals surface area contributed by atoms with Gasteiger partial charge in [-0.1, -0.05) is 35.4 Å². The number of carboxylic acids is 1. The smallest absolute Gasteiger partial charge is 0.306 e. The van der Waals surface area contributed by atoms with E-state index >= 15 is 0 Å². The number of carbonyl (C=O) groups is 1. The molecule has 4 rings (SSSR count). The number of carboxylic acid groups (broad SMARTS) is 1. The standard InChI is InChI=1S/C23H25ClN4O3/c1-14-3-5-17-18(11-14)21(25-13-15-4-6-20(31-2)19(24)12-15)26-27-22(17)28-9-7-16(8-10-28)23(29)30/h3-6,11-12,16H,7-10,13H2,1-2H3,(H,25,26)(H,29,30). The number of hydrogen-bond acceptors (Lipinski definition) is 6. The van der Waals surface area contributed by atoms with Crippen LogP contribution in [0.5, 0.6) is 5.75 Å². The van der Waals surface area contributed by atoms with Gasteiger partial charge in [-0.15, -0.1) is 10.2 Å². The Morgan fingerprint density at radius 3 is 2.65 bits per heavy atom. The Bertz CT molecular complexity index is 1110. The van der Waals surface area contributed by atoms with E-state index in [1.165, 1.54) is 0 Å². The molecular weight excluding hydrogens is 416 g/mol. The Kier molecular flexibility index (Phi) is 6.13. The molecule has 0 unspecified atom stereocenters. The first kappa shape index (κ1) is 21.2. The number of aromatic nitrogens is 2. The lowest BCUT2D eigenvalue weighted by Gasteiger charge is -2.31. The Labute approximate surface area is 186 Å². The van der Waals surface area contributed by atoms with Crippen LogP contribution in [-0.2, 0) is 11.3 Å². The van der Waals surface area contributed by atoms with E-state index < -0.39 is 5.97 Å². The summed E-state index contributed by atoms with van der Waals surface area (Å²) in [7, 11) is 1.59. The summed E-state index contributed by atoms with van der Waals surface area (Å²) < 4.78 is 5.21. The zero-order chi connectivity index (χ0) is 22.0. The number of nitrogens with zero attached hydrogens (tertiary/aromatic N) is 3. The predicted molar refractivity (Wildman–Crippen MR) is 122 cm³/mol. The third-order valence-electron chi connectivity index (χ3n) is 5.74. The van der Waals surface area contributed by atoms with Gasteiger partial charge < -0.3 is 20.1 Å². The monoisotopic (exact) mass is 440 g/mol. The van der Waals surface area contributed by atoms with Crippen molar-refractivity contribution >= 4 is 40.0 Å². The van der Waals surface area contributed by atoms with Gasteiger partial charge in [-0.3, -0.25) is 4.79 Å². The minimum absolute atomic E-state index is 0.282. The molecule has 0 saturated carbocycles. The third kappa shape index (κ3) is 4.51. The molecule has 1 aliphatic rings. The quantitative estimate of drug-likeness (QED) is 0.582. The average Bonchev–Trinajstić information content (AvgIpc) is 2.77. The van der Waals surface area contributed by atoms with E-state index in [0.717, 1.165) is 27.7 Å². The first-order valence-electron chi connectivity index (χ1n) is 10.3. The van der Waals surface area contributed by atoms with E-state index in [1.807, 2.05) is 25.1 Å². The highest BCUT2D eigenvalue weighted by Gasteiger charge is 2.26. The van der Waals surface area contributed by atoms with Crippen LogP contribution in [-0.4, -0.2) is 41.5 Å². The molecule has 31 heavy (non-hydrogen) atoms. The van der Waals surface area contributed by atoms with E-state index in [2.05, 4.69) is 38.6 Å². The number of halogens is 1. The largest absolute Gasteiger partial charge is 0.495 e. The highest BCUT2D eigenvalue weighted by Crippen LogP contribution is 2.32. The van der Waals surface area contributed by atoms with Crippen LogP contribution in [0.4, 0.5) is 11.6 Å². The van der Waals surface area contributed by atoms with Crippen molar-refractivity contribution < 1.29 is 14.6 Å². The zero-order valence-corrected chi connectivity index (χ0v) is 18.3. The summed E-state index contributed by atoms with van der Waals surface area (Å²) in [5.41, 5.74) is 2.14. The van der Waals surface area contributed by atoms with Crippen molar-refractivity contribution in [1.82, 2.24) is 10.2 Å². The summed E-state index contributed by atoms with van der Waals surface area (Å²) in [5, 5.41) is 24.2. The lowest BCUT2D eigenvalue weighted by molar-refractivity contribution is -0.142. The maximum absolute atomic E-state index is 11.3. The van der Waals surface area contributed by atoms with Gasteiger partial charge in [-0.05, 0) is 43.5 Å². The maximum atomic E-state index is 11.3. The van der Waals surface area contributed by atoms with Gasteiger partial charge >= 0.3 is 5.97 Å². The SMILES string of the molecule is COc1ccc(CNc2nnc(N3CCC(C(=O)O)CC3)c3ccc(C)cc23)cc1Cl. The Hall–Kier alpha value is -3.06. The van der Waals surface area contributed by atoms with Crippen LogP contribution < -0.4 is 15.0 Å². The molecule has 1 aromatic heterocycles. The van der Waals surface area contributed by atoms with Crippen LogP contribution in [0.3, 0.4) is 0 Å². The second-order valence-electron chi connectivity index (χ2n) is 7.84. The fraction of sp³-hybridized carbons (Fsp3) is 0.348. The Balaban J connectivity index is 1.59. The number of benzene rings is 2. The van der Waals surface area contributed by atoms with Gasteiger partial charge in [0.1, 0.15) is 5.75 Å². The molecular formula is C23H25ClN4O3. The summed E-state index contributed by atoms with van der Waals surface area (Å²) in [4.78, 5) is 13.4. The number of piperidine rings is 1. The molecule has 0 amide bonds. The fourth-order valence-corrected chi connectivity index (χ4v) is 4.24. The van der Waals surface area contributed by atoms with E-state index in [9.17, 15) is 9.90 Å². The number of rotatable bonds is 6. The minimum atomic E-state index is -0.718. The molecule has 0 radical (unpaired) electrons. The number of aryl methyl sites for hydroxylation is 1. The van der Waals surface area contributed by atoms with Crippen LogP contribution in [0, 0.1) is 12.8 Å².